The van der Waals surface area contributed by atoms with Crippen molar-refractivity contribution >= 4 is 5.97 Å². The van der Waals surface area contributed by atoms with Gasteiger partial charge in [0, 0.05) is 19.7 Å². The molecular formula is C32H65NO4. The van der Waals surface area contributed by atoms with Crippen LogP contribution in [0.3, 0.4) is 0 Å². The van der Waals surface area contributed by atoms with Crippen LogP contribution in [0.15, 0.2) is 0 Å². The number of hydrogen-bond donors (Lipinski definition) is 2. The second kappa shape index (κ2) is 28.4. The number of unbranched alkanes of at least 4 members (excludes halogenated alkanes) is 13. The van der Waals surface area contributed by atoms with Gasteiger partial charge in [0.1, 0.15) is 0 Å². The minimum atomic E-state index is -0.357. The van der Waals surface area contributed by atoms with Crippen LogP contribution in [0, 0.1) is 5.92 Å². The van der Waals surface area contributed by atoms with E-state index in [-0.39, 0.29) is 24.6 Å². The number of esters is 1. The number of aliphatic hydroxyl groups excluding tert-OH is 2. The van der Waals surface area contributed by atoms with E-state index in [4.69, 9.17) is 4.74 Å². The van der Waals surface area contributed by atoms with Gasteiger partial charge in [-0.05, 0) is 51.5 Å². The van der Waals surface area contributed by atoms with Crippen LogP contribution in [0.4, 0.5) is 0 Å². The minimum absolute atomic E-state index is 0.00357. The van der Waals surface area contributed by atoms with Gasteiger partial charge in [0.05, 0.1) is 18.6 Å². The molecule has 0 heterocycles. The molecule has 0 radical (unpaired) electrons. The average Bonchev–Trinajstić information content (AvgIpc) is 2.89. The fourth-order valence-corrected chi connectivity index (χ4v) is 5.06. The Bertz CT molecular complexity index is 474. The Balaban J connectivity index is 4.23. The van der Waals surface area contributed by atoms with Crippen molar-refractivity contribution in [3.8, 4) is 0 Å². The first-order valence-electron chi connectivity index (χ1n) is 16.3. The van der Waals surface area contributed by atoms with Crippen LogP contribution in [0.5, 0.6) is 0 Å². The van der Waals surface area contributed by atoms with Gasteiger partial charge in [0.15, 0.2) is 0 Å². The summed E-state index contributed by atoms with van der Waals surface area (Å²) in [5, 5.41) is 19.8. The third-order valence-corrected chi connectivity index (χ3v) is 7.50. The molecular weight excluding hydrogens is 462 g/mol. The molecule has 0 saturated heterocycles. The number of hydrogen-bond acceptors (Lipinski definition) is 5. The van der Waals surface area contributed by atoms with E-state index in [9.17, 15) is 15.0 Å². The number of carbonyl (C=O) groups is 1. The van der Waals surface area contributed by atoms with Crippen LogP contribution in [0.1, 0.15) is 156 Å². The van der Waals surface area contributed by atoms with Crippen molar-refractivity contribution in [3.05, 3.63) is 0 Å². The average molecular weight is 528 g/mol. The van der Waals surface area contributed by atoms with Crippen molar-refractivity contribution in [1.29, 1.82) is 0 Å². The molecule has 0 spiro atoms. The van der Waals surface area contributed by atoms with Gasteiger partial charge in [-0.1, -0.05) is 111 Å². The summed E-state index contributed by atoms with van der Waals surface area (Å²) >= 11 is 0. The van der Waals surface area contributed by atoms with Crippen LogP contribution in [-0.4, -0.2) is 60.0 Å². The summed E-state index contributed by atoms with van der Waals surface area (Å²) < 4.78 is 5.70. The lowest BCUT2D eigenvalue weighted by molar-refractivity contribution is -0.149. The van der Waals surface area contributed by atoms with Crippen LogP contribution in [0.25, 0.3) is 0 Å². The number of aliphatic hydroxyl groups is 2. The highest BCUT2D eigenvalue weighted by molar-refractivity contribution is 5.72. The summed E-state index contributed by atoms with van der Waals surface area (Å²) in [6.45, 7) is 9.88. The summed E-state index contributed by atoms with van der Waals surface area (Å²) in [5.41, 5.74) is 0. The highest BCUT2D eigenvalue weighted by Crippen LogP contribution is 2.21. The normalized spacial score (nSPS) is 13.2. The molecule has 0 aliphatic heterocycles. The molecule has 37 heavy (non-hydrogen) atoms. The molecule has 0 rings (SSSR count). The lowest BCUT2D eigenvalue weighted by Crippen LogP contribution is -2.34. The first-order chi connectivity index (χ1) is 18.1. The molecule has 0 saturated carbocycles. The lowest BCUT2D eigenvalue weighted by Gasteiger charge is -2.25. The molecule has 2 unspecified atom stereocenters. The van der Waals surface area contributed by atoms with Gasteiger partial charge in [-0.15, -0.1) is 0 Å². The molecule has 222 valence electrons. The fourth-order valence-electron chi connectivity index (χ4n) is 5.06. The molecule has 0 bridgehead atoms. The predicted molar refractivity (Wildman–Crippen MR) is 158 cm³/mol. The van der Waals surface area contributed by atoms with E-state index in [1.54, 1.807) is 0 Å². The van der Waals surface area contributed by atoms with Crippen molar-refractivity contribution in [2.24, 2.45) is 5.92 Å². The van der Waals surface area contributed by atoms with Gasteiger partial charge in [-0.3, -0.25) is 4.79 Å². The van der Waals surface area contributed by atoms with Crippen molar-refractivity contribution < 1.29 is 19.7 Å². The summed E-state index contributed by atoms with van der Waals surface area (Å²) in [6.07, 6.45) is 23.3. The van der Waals surface area contributed by atoms with Gasteiger partial charge in [-0.25, -0.2) is 0 Å². The van der Waals surface area contributed by atoms with Crippen molar-refractivity contribution in [2.45, 2.75) is 162 Å². The maximum Gasteiger partial charge on any atom is 0.308 e. The van der Waals surface area contributed by atoms with E-state index < -0.39 is 0 Å². The van der Waals surface area contributed by atoms with Crippen LogP contribution < -0.4 is 0 Å². The van der Waals surface area contributed by atoms with Crippen molar-refractivity contribution in [1.82, 2.24) is 4.90 Å². The second-order valence-corrected chi connectivity index (χ2v) is 11.2. The van der Waals surface area contributed by atoms with Crippen molar-refractivity contribution in [2.75, 3.05) is 32.8 Å². The van der Waals surface area contributed by atoms with E-state index in [0.29, 0.717) is 13.2 Å². The van der Waals surface area contributed by atoms with Crippen LogP contribution >= 0.6 is 0 Å². The molecule has 2 atom stereocenters. The molecule has 0 fully saturated rings. The number of nitrogens with zero attached hydrogens (tertiary/aromatic N) is 1. The number of ether oxygens (including phenoxy) is 1. The standard InChI is InChI=1S/C32H65NO4/c1-4-7-10-13-14-17-23-30(22-16-12-9-6-3)32(36)37-28-20-18-24-31(35)29-33(26-21-27-34)25-19-15-11-8-5-2/h30-31,34-35H,4-29H2,1-3H3. The minimum Gasteiger partial charge on any atom is -0.465 e. The Labute approximate surface area is 231 Å². The monoisotopic (exact) mass is 527 g/mol. The smallest absolute Gasteiger partial charge is 0.308 e. The van der Waals surface area contributed by atoms with Gasteiger partial charge in [0.2, 0.25) is 0 Å². The van der Waals surface area contributed by atoms with Crippen molar-refractivity contribution in [3.63, 3.8) is 0 Å². The molecule has 5 nitrogen and oxygen atoms in total. The van der Waals surface area contributed by atoms with Gasteiger partial charge in [-0.2, -0.15) is 0 Å². The van der Waals surface area contributed by atoms with E-state index in [1.165, 1.54) is 77.0 Å². The Hall–Kier alpha value is -0.650. The molecule has 0 aromatic carbocycles. The largest absolute Gasteiger partial charge is 0.465 e. The topological polar surface area (TPSA) is 70.0 Å². The molecule has 0 aromatic heterocycles. The quantitative estimate of drug-likeness (QED) is 0.0760. The highest BCUT2D eigenvalue weighted by atomic mass is 16.5. The van der Waals surface area contributed by atoms with Crippen LogP contribution in [0.2, 0.25) is 0 Å². The zero-order valence-corrected chi connectivity index (χ0v) is 25.2. The highest BCUT2D eigenvalue weighted by Gasteiger charge is 2.19. The van der Waals surface area contributed by atoms with Gasteiger partial charge >= 0.3 is 5.97 Å². The second-order valence-electron chi connectivity index (χ2n) is 11.2. The first kappa shape index (κ1) is 36.4. The Kier molecular flexibility index (Phi) is 27.9. The zero-order valence-electron chi connectivity index (χ0n) is 25.2. The molecule has 0 aliphatic rings. The third-order valence-electron chi connectivity index (χ3n) is 7.50. The Morgan fingerprint density at radius 3 is 1.73 bits per heavy atom. The van der Waals surface area contributed by atoms with Gasteiger partial charge in [0.25, 0.3) is 0 Å². The van der Waals surface area contributed by atoms with Crippen LogP contribution in [-0.2, 0) is 9.53 Å². The molecule has 2 N–H and O–H groups in total. The SMILES string of the molecule is CCCCCCCCC(CCCCCC)C(=O)OCCCCC(O)CN(CCCO)CCCCCCC. The molecule has 0 amide bonds. The lowest BCUT2D eigenvalue weighted by atomic mass is 9.94. The summed E-state index contributed by atoms with van der Waals surface area (Å²) in [4.78, 5) is 15.1. The fraction of sp³-hybridized carbons (Fsp3) is 0.969. The summed E-state index contributed by atoms with van der Waals surface area (Å²) in [7, 11) is 0. The Morgan fingerprint density at radius 2 is 1.14 bits per heavy atom. The Morgan fingerprint density at radius 1 is 0.649 bits per heavy atom. The predicted octanol–water partition coefficient (Wildman–Crippen LogP) is 8.05. The van der Waals surface area contributed by atoms with E-state index >= 15 is 0 Å². The first-order valence-corrected chi connectivity index (χ1v) is 16.3. The van der Waals surface area contributed by atoms with E-state index in [2.05, 4.69) is 25.7 Å². The third kappa shape index (κ3) is 24.1. The summed E-state index contributed by atoms with van der Waals surface area (Å²) in [5.74, 6) is 0.0647. The molecule has 0 aliphatic carbocycles. The van der Waals surface area contributed by atoms with E-state index in [1.807, 2.05) is 0 Å². The molecule has 0 aromatic rings. The van der Waals surface area contributed by atoms with Gasteiger partial charge < -0.3 is 19.8 Å². The number of rotatable bonds is 29. The summed E-state index contributed by atoms with van der Waals surface area (Å²) in [6, 6.07) is 0. The molecule has 5 heteroatoms. The maximum absolute atomic E-state index is 12.8. The number of carbonyl (C=O) groups excluding carboxylic acids is 1. The zero-order chi connectivity index (χ0) is 27.4. The maximum atomic E-state index is 12.8. The van der Waals surface area contributed by atoms with E-state index in [0.717, 1.165) is 70.9 Å².